The summed E-state index contributed by atoms with van der Waals surface area (Å²) in [7, 11) is 1.82. The minimum absolute atomic E-state index is 0.154. The first-order chi connectivity index (χ1) is 12.6. The quantitative estimate of drug-likeness (QED) is 0.558. The second-order valence-electron chi connectivity index (χ2n) is 6.46. The van der Waals surface area contributed by atoms with Gasteiger partial charge in [-0.25, -0.2) is 9.50 Å². The smallest absolute Gasteiger partial charge is 0.277 e. The molecule has 3 aromatic heterocycles. The van der Waals surface area contributed by atoms with E-state index < -0.39 is 0 Å². The molecule has 0 saturated heterocycles. The number of carbonyl (C=O) groups excluding carboxylic acids is 1. The largest absolute Gasteiger partial charge is 0.332 e. The highest BCUT2D eigenvalue weighted by Gasteiger charge is 2.28. The van der Waals surface area contributed by atoms with E-state index in [1.807, 2.05) is 31.3 Å². The molecule has 0 spiro atoms. The lowest BCUT2D eigenvalue weighted by atomic mass is 10.1. The van der Waals surface area contributed by atoms with E-state index in [1.165, 1.54) is 4.52 Å². The van der Waals surface area contributed by atoms with E-state index in [0.29, 0.717) is 29.9 Å². The van der Waals surface area contributed by atoms with Crippen molar-refractivity contribution in [1.29, 1.82) is 0 Å². The molecule has 4 heterocycles. The molecule has 1 aliphatic rings. The van der Waals surface area contributed by atoms with E-state index in [2.05, 4.69) is 15.2 Å². The molecule has 8 nitrogen and oxygen atoms in total. The van der Waals surface area contributed by atoms with Gasteiger partial charge in [-0.2, -0.15) is 5.10 Å². The van der Waals surface area contributed by atoms with Gasteiger partial charge in [-0.05, 0) is 6.07 Å². The van der Waals surface area contributed by atoms with Crippen LogP contribution in [0.3, 0.4) is 0 Å². The summed E-state index contributed by atoms with van der Waals surface area (Å²) in [6, 6.07) is 9.41. The van der Waals surface area contributed by atoms with Crippen molar-refractivity contribution in [2.24, 2.45) is 7.05 Å². The molecule has 1 aromatic carbocycles. The molecule has 5 rings (SSSR count). The molecule has 8 heteroatoms. The fourth-order valence-electron chi connectivity index (χ4n) is 3.61. The number of hydrogen-bond donors (Lipinski definition) is 1. The standard InChI is InChI=1S/C18H16N6O2/c1-22-14-5-3-2-4-11(14)16(21-22)18(26)23-9-7-13-12(10-23)17(25)24-15(20-13)6-8-19-24/h2-6,8,19H,7,9-10H2,1H3. The first kappa shape index (κ1) is 14.9. The molecule has 1 N–H and O–H groups in total. The van der Waals surface area contributed by atoms with Gasteiger partial charge in [0, 0.05) is 37.7 Å². The monoisotopic (exact) mass is 348 g/mol. The predicted octanol–water partition coefficient (Wildman–Crippen LogP) is 1.11. The molecule has 0 radical (unpaired) electrons. The number of aromatic amines is 1. The minimum atomic E-state index is -0.163. The summed E-state index contributed by atoms with van der Waals surface area (Å²) in [6.07, 6.45) is 2.24. The third-order valence-electron chi connectivity index (χ3n) is 4.94. The molecule has 130 valence electrons. The van der Waals surface area contributed by atoms with Crippen molar-refractivity contribution in [2.75, 3.05) is 6.54 Å². The maximum Gasteiger partial charge on any atom is 0.277 e. The average molecular weight is 348 g/mol. The molecule has 0 saturated carbocycles. The summed E-state index contributed by atoms with van der Waals surface area (Å²) < 4.78 is 3.11. The van der Waals surface area contributed by atoms with Crippen molar-refractivity contribution < 1.29 is 4.79 Å². The Hall–Kier alpha value is -3.42. The molecule has 1 amide bonds. The van der Waals surface area contributed by atoms with Crippen LogP contribution in [0.15, 0.2) is 41.3 Å². The van der Waals surface area contributed by atoms with Crippen molar-refractivity contribution >= 4 is 22.5 Å². The van der Waals surface area contributed by atoms with Crippen LogP contribution in [0.2, 0.25) is 0 Å². The van der Waals surface area contributed by atoms with Crippen molar-refractivity contribution in [3.05, 3.63) is 63.8 Å². The van der Waals surface area contributed by atoms with Gasteiger partial charge in [-0.15, -0.1) is 0 Å². The SMILES string of the molecule is Cn1nc(C(=O)N2CCc3nc4cc[nH]n4c(=O)c3C2)c2ccccc21. The molecule has 4 aromatic rings. The van der Waals surface area contributed by atoms with E-state index >= 15 is 0 Å². The average Bonchev–Trinajstić information content (AvgIpc) is 3.26. The number of H-pyrrole nitrogens is 1. The van der Waals surface area contributed by atoms with E-state index in [1.54, 1.807) is 21.8 Å². The zero-order chi connectivity index (χ0) is 17.8. The zero-order valence-electron chi connectivity index (χ0n) is 14.1. The summed E-state index contributed by atoms with van der Waals surface area (Å²) in [5, 5.41) is 8.09. The van der Waals surface area contributed by atoms with Gasteiger partial charge in [0.2, 0.25) is 0 Å². The molecule has 0 fully saturated rings. The number of rotatable bonds is 1. The molecule has 0 unspecified atom stereocenters. The van der Waals surface area contributed by atoms with Crippen molar-refractivity contribution in [3.8, 4) is 0 Å². The number of benzene rings is 1. The first-order valence-corrected chi connectivity index (χ1v) is 8.42. The Kier molecular flexibility index (Phi) is 3.03. The Morgan fingerprint density at radius 3 is 2.96 bits per heavy atom. The van der Waals surface area contributed by atoms with Gasteiger partial charge in [0.1, 0.15) is 0 Å². The van der Waals surface area contributed by atoms with Gasteiger partial charge in [0.15, 0.2) is 11.3 Å². The number of nitrogens with zero attached hydrogens (tertiary/aromatic N) is 5. The topological polar surface area (TPSA) is 88.3 Å². The number of fused-ring (bicyclic) bond motifs is 3. The summed E-state index contributed by atoms with van der Waals surface area (Å²) in [5.41, 5.74) is 3.10. The molecule has 26 heavy (non-hydrogen) atoms. The second-order valence-corrected chi connectivity index (χ2v) is 6.46. The number of aryl methyl sites for hydroxylation is 1. The van der Waals surface area contributed by atoms with Crippen LogP contribution in [0.4, 0.5) is 0 Å². The Morgan fingerprint density at radius 1 is 1.23 bits per heavy atom. The van der Waals surface area contributed by atoms with Gasteiger partial charge in [-0.3, -0.25) is 19.4 Å². The lowest BCUT2D eigenvalue weighted by molar-refractivity contribution is 0.0727. The molecule has 0 bridgehead atoms. The predicted molar refractivity (Wildman–Crippen MR) is 95.0 cm³/mol. The van der Waals surface area contributed by atoms with Crippen LogP contribution >= 0.6 is 0 Å². The maximum absolute atomic E-state index is 13.1. The fraction of sp³-hybridized carbons (Fsp3) is 0.222. The Bertz CT molecular complexity index is 1230. The molecule has 1 aliphatic heterocycles. The third kappa shape index (κ3) is 2.01. The van der Waals surface area contributed by atoms with Crippen LogP contribution in [0.1, 0.15) is 21.7 Å². The van der Waals surface area contributed by atoms with Crippen LogP contribution in [-0.2, 0) is 20.0 Å². The number of carbonyl (C=O) groups is 1. The molecule has 0 atom stereocenters. The highest BCUT2D eigenvalue weighted by Crippen LogP contribution is 2.22. The van der Waals surface area contributed by atoms with Gasteiger partial charge < -0.3 is 4.90 Å². The molecule has 0 aliphatic carbocycles. The molecular formula is C18H16N6O2. The van der Waals surface area contributed by atoms with E-state index in [9.17, 15) is 9.59 Å². The first-order valence-electron chi connectivity index (χ1n) is 8.42. The van der Waals surface area contributed by atoms with Crippen molar-refractivity contribution in [1.82, 2.24) is 29.3 Å². The van der Waals surface area contributed by atoms with Crippen LogP contribution < -0.4 is 5.56 Å². The summed E-state index contributed by atoms with van der Waals surface area (Å²) in [5.74, 6) is -0.163. The van der Waals surface area contributed by atoms with Crippen LogP contribution in [0.25, 0.3) is 16.6 Å². The number of nitrogens with one attached hydrogen (secondary N) is 1. The highest BCUT2D eigenvalue weighted by molar-refractivity contribution is 6.04. The zero-order valence-corrected chi connectivity index (χ0v) is 14.1. The lowest BCUT2D eigenvalue weighted by Crippen LogP contribution is -2.40. The Balaban J connectivity index is 1.56. The van der Waals surface area contributed by atoms with Gasteiger partial charge in [0.25, 0.3) is 11.5 Å². The molecular weight excluding hydrogens is 332 g/mol. The lowest BCUT2D eigenvalue weighted by Gasteiger charge is -2.27. The number of amides is 1. The number of aromatic nitrogens is 5. The Labute approximate surface area is 147 Å². The summed E-state index contributed by atoms with van der Waals surface area (Å²) in [6.45, 7) is 0.761. The maximum atomic E-state index is 13.1. The number of hydrogen-bond acceptors (Lipinski definition) is 4. The highest BCUT2D eigenvalue weighted by atomic mass is 16.2. The minimum Gasteiger partial charge on any atom is -0.332 e. The summed E-state index contributed by atoms with van der Waals surface area (Å²) in [4.78, 5) is 32.0. The number of para-hydroxylation sites is 1. The fourth-order valence-corrected chi connectivity index (χ4v) is 3.61. The van der Waals surface area contributed by atoms with Crippen LogP contribution in [0, 0.1) is 0 Å². The summed E-state index contributed by atoms with van der Waals surface area (Å²) >= 11 is 0. The second kappa shape index (κ2) is 5.29. The van der Waals surface area contributed by atoms with Crippen LogP contribution in [0.5, 0.6) is 0 Å². The third-order valence-corrected chi connectivity index (χ3v) is 4.94. The van der Waals surface area contributed by atoms with E-state index in [-0.39, 0.29) is 18.0 Å². The van der Waals surface area contributed by atoms with Gasteiger partial charge in [0.05, 0.1) is 23.3 Å². The van der Waals surface area contributed by atoms with E-state index in [4.69, 9.17) is 0 Å². The Morgan fingerprint density at radius 2 is 2.08 bits per heavy atom. The van der Waals surface area contributed by atoms with E-state index in [0.717, 1.165) is 16.6 Å². The van der Waals surface area contributed by atoms with Crippen molar-refractivity contribution in [2.45, 2.75) is 13.0 Å². The van der Waals surface area contributed by atoms with Gasteiger partial charge in [-0.1, -0.05) is 18.2 Å². The van der Waals surface area contributed by atoms with Gasteiger partial charge >= 0.3 is 0 Å². The van der Waals surface area contributed by atoms with Crippen LogP contribution in [-0.4, -0.2) is 41.7 Å². The van der Waals surface area contributed by atoms with Crippen molar-refractivity contribution in [3.63, 3.8) is 0 Å². The normalized spacial score (nSPS) is 14.1.